The first-order chi connectivity index (χ1) is 7.27. The van der Waals surface area contributed by atoms with Crippen molar-refractivity contribution in [1.29, 1.82) is 0 Å². The van der Waals surface area contributed by atoms with E-state index in [9.17, 15) is 4.79 Å². The first-order valence-electron chi connectivity index (χ1n) is 4.39. The summed E-state index contributed by atoms with van der Waals surface area (Å²) in [5.41, 5.74) is 0.936. The van der Waals surface area contributed by atoms with Crippen LogP contribution in [-0.4, -0.2) is 33.0 Å². The van der Waals surface area contributed by atoms with Crippen LogP contribution in [0.2, 0.25) is 0 Å². The second-order valence-electron chi connectivity index (χ2n) is 3.13. The smallest absolute Gasteiger partial charge is 0.291 e. The van der Waals surface area contributed by atoms with Crippen LogP contribution in [0.1, 0.15) is 16.2 Å². The van der Waals surface area contributed by atoms with Gasteiger partial charge in [-0.15, -0.1) is 0 Å². The van der Waals surface area contributed by atoms with Crippen molar-refractivity contribution in [2.45, 2.75) is 6.54 Å². The summed E-state index contributed by atoms with van der Waals surface area (Å²) in [6, 6.07) is 1.81. The monoisotopic (exact) mass is 206 g/mol. The van der Waals surface area contributed by atoms with Gasteiger partial charge < -0.3 is 9.32 Å². The lowest BCUT2D eigenvalue weighted by atomic mass is 10.3. The molecule has 6 nitrogen and oxygen atoms in total. The molecule has 0 saturated heterocycles. The molecule has 6 heteroatoms. The van der Waals surface area contributed by atoms with Crippen LogP contribution in [0.25, 0.3) is 0 Å². The van der Waals surface area contributed by atoms with E-state index >= 15 is 0 Å². The van der Waals surface area contributed by atoms with Crippen molar-refractivity contribution in [3.63, 3.8) is 0 Å². The molecule has 0 aliphatic rings. The first kappa shape index (κ1) is 9.45. The Morgan fingerprint density at radius 1 is 1.67 bits per heavy atom. The third-order valence-electron chi connectivity index (χ3n) is 1.96. The van der Waals surface area contributed by atoms with Crippen molar-refractivity contribution in [3.05, 3.63) is 36.3 Å². The summed E-state index contributed by atoms with van der Waals surface area (Å²) in [5, 5.41) is 6.14. The molecule has 0 radical (unpaired) electrons. The van der Waals surface area contributed by atoms with Gasteiger partial charge in [-0.2, -0.15) is 5.10 Å². The van der Waals surface area contributed by atoms with E-state index in [1.54, 1.807) is 19.6 Å². The molecule has 0 aromatic carbocycles. The summed E-state index contributed by atoms with van der Waals surface area (Å²) in [5.74, 6) is 0.0368. The average Bonchev–Trinajstić information content (AvgIpc) is 2.88. The van der Waals surface area contributed by atoms with E-state index in [0.717, 1.165) is 5.56 Å². The molecule has 0 unspecified atom stereocenters. The van der Waals surface area contributed by atoms with Crippen LogP contribution in [0, 0.1) is 0 Å². The van der Waals surface area contributed by atoms with E-state index in [0.29, 0.717) is 6.54 Å². The van der Waals surface area contributed by atoms with Gasteiger partial charge in [0.1, 0.15) is 6.33 Å². The lowest BCUT2D eigenvalue weighted by Gasteiger charge is -2.13. The maximum absolute atomic E-state index is 11.7. The van der Waals surface area contributed by atoms with Gasteiger partial charge in [0.25, 0.3) is 5.91 Å². The summed E-state index contributed by atoms with van der Waals surface area (Å²) in [6.07, 6.45) is 4.48. The van der Waals surface area contributed by atoms with Crippen molar-refractivity contribution in [2.24, 2.45) is 0 Å². The van der Waals surface area contributed by atoms with Crippen LogP contribution in [0.15, 0.2) is 29.3 Å². The molecule has 0 aliphatic heterocycles. The zero-order valence-corrected chi connectivity index (χ0v) is 8.17. The second kappa shape index (κ2) is 3.95. The molecule has 0 spiro atoms. The Labute approximate surface area is 85.9 Å². The van der Waals surface area contributed by atoms with Crippen molar-refractivity contribution >= 4 is 5.91 Å². The number of aromatic amines is 1. The van der Waals surface area contributed by atoms with Gasteiger partial charge in [0.15, 0.2) is 0 Å². The third-order valence-corrected chi connectivity index (χ3v) is 1.96. The molecular weight excluding hydrogens is 196 g/mol. The Kier molecular flexibility index (Phi) is 2.49. The molecule has 0 saturated carbocycles. The minimum absolute atomic E-state index is 0.200. The fourth-order valence-electron chi connectivity index (χ4n) is 1.22. The second-order valence-corrected chi connectivity index (χ2v) is 3.13. The quantitative estimate of drug-likeness (QED) is 0.800. The largest absolute Gasteiger partial charge is 0.472 e. The normalized spacial score (nSPS) is 10.2. The number of nitrogens with zero attached hydrogens (tertiary/aromatic N) is 3. The van der Waals surface area contributed by atoms with Crippen LogP contribution in [0.3, 0.4) is 0 Å². The van der Waals surface area contributed by atoms with Gasteiger partial charge in [-0.1, -0.05) is 0 Å². The number of carbonyl (C=O) groups excluding carboxylic acids is 1. The van der Waals surface area contributed by atoms with E-state index in [4.69, 9.17) is 4.42 Å². The van der Waals surface area contributed by atoms with Gasteiger partial charge in [-0.3, -0.25) is 9.89 Å². The Morgan fingerprint density at radius 3 is 3.13 bits per heavy atom. The van der Waals surface area contributed by atoms with Gasteiger partial charge >= 0.3 is 0 Å². The number of furan rings is 1. The van der Waals surface area contributed by atoms with Crippen LogP contribution in [-0.2, 0) is 6.54 Å². The molecule has 0 bridgehead atoms. The minimum atomic E-state index is -0.200. The Balaban J connectivity index is 2.03. The van der Waals surface area contributed by atoms with E-state index in [1.165, 1.54) is 11.2 Å². The maximum atomic E-state index is 11.7. The van der Waals surface area contributed by atoms with Gasteiger partial charge in [0.05, 0.1) is 12.5 Å². The number of rotatable bonds is 3. The molecule has 15 heavy (non-hydrogen) atoms. The molecule has 2 aromatic heterocycles. The number of carbonyl (C=O) groups is 1. The summed E-state index contributed by atoms with van der Waals surface area (Å²) in [7, 11) is 1.69. The molecule has 2 rings (SSSR count). The molecule has 0 atom stereocenters. The van der Waals surface area contributed by atoms with Gasteiger partial charge in [-0.05, 0) is 6.07 Å². The number of H-pyrrole nitrogens is 1. The van der Waals surface area contributed by atoms with Crippen molar-refractivity contribution < 1.29 is 9.21 Å². The number of hydrogen-bond donors (Lipinski definition) is 1. The predicted octanol–water partition coefficient (Wildman–Crippen LogP) is 0.670. The van der Waals surface area contributed by atoms with Crippen molar-refractivity contribution in [2.75, 3.05) is 7.05 Å². The minimum Gasteiger partial charge on any atom is -0.472 e. The number of aromatic nitrogens is 3. The van der Waals surface area contributed by atoms with Gasteiger partial charge in [0, 0.05) is 19.2 Å². The first-order valence-corrected chi connectivity index (χ1v) is 4.39. The highest BCUT2D eigenvalue weighted by Crippen LogP contribution is 2.05. The summed E-state index contributed by atoms with van der Waals surface area (Å²) >= 11 is 0. The third kappa shape index (κ3) is 2.04. The van der Waals surface area contributed by atoms with Gasteiger partial charge in [0.2, 0.25) is 5.82 Å². The number of amides is 1. The molecule has 0 aliphatic carbocycles. The maximum Gasteiger partial charge on any atom is 0.291 e. The van der Waals surface area contributed by atoms with Crippen LogP contribution in [0.4, 0.5) is 0 Å². The summed E-state index contributed by atoms with van der Waals surface area (Å²) in [6.45, 7) is 0.482. The number of hydrogen-bond acceptors (Lipinski definition) is 4. The molecule has 1 N–H and O–H groups in total. The van der Waals surface area contributed by atoms with E-state index < -0.39 is 0 Å². The highest BCUT2D eigenvalue weighted by Gasteiger charge is 2.14. The molecule has 2 heterocycles. The lowest BCUT2D eigenvalue weighted by molar-refractivity contribution is 0.0773. The fourth-order valence-corrected chi connectivity index (χ4v) is 1.22. The zero-order chi connectivity index (χ0) is 10.7. The van der Waals surface area contributed by atoms with Crippen molar-refractivity contribution in [1.82, 2.24) is 20.1 Å². The Hall–Kier alpha value is -2.11. The van der Waals surface area contributed by atoms with Crippen LogP contribution >= 0.6 is 0 Å². The highest BCUT2D eigenvalue weighted by atomic mass is 16.3. The highest BCUT2D eigenvalue weighted by molar-refractivity contribution is 5.90. The van der Waals surface area contributed by atoms with Crippen LogP contribution < -0.4 is 0 Å². The Morgan fingerprint density at radius 2 is 2.53 bits per heavy atom. The standard InChI is InChI=1S/C9H10N4O2/c1-13(4-7-2-3-15-5-7)9(14)8-10-6-11-12-8/h2-3,5-6H,4H2,1H3,(H,10,11,12). The lowest BCUT2D eigenvalue weighted by Crippen LogP contribution is -2.27. The Bertz CT molecular complexity index is 421. The molecule has 78 valence electrons. The van der Waals surface area contributed by atoms with Crippen molar-refractivity contribution in [3.8, 4) is 0 Å². The average molecular weight is 206 g/mol. The molecule has 2 aromatic rings. The zero-order valence-electron chi connectivity index (χ0n) is 8.17. The molecule has 1 amide bonds. The van der Waals surface area contributed by atoms with E-state index in [2.05, 4.69) is 15.2 Å². The SMILES string of the molecule is CN(Cc1ccoc1)C(=O)c1ncn[nH]1. The molecular formula is C9H10N4O2. The van der Waals surface area contributed by atoms with Crippen LogP contribution in [0.5, 0.6) is 0 Å². The summed E-state index contributed by atoms with van der Waals surface area (Å²) < 4.78 is 4.91. The summed E-state index contributed by atoms with van der Waals surface area (Å²) in [4.78, 5) is 17.0. The van der Waals surface area contributed by atoms with Gasteiger partial charge in [-0.25, -0.2) is 4.98 Å². The topological polar surface area (TPSA) is 75.0 Å². The van der Waals surface area contributed by atoms with E-state index in [1.807, 2.05) is 6.07 Å². The fraction of sp³-hybridized carbons (Fsp3) is 0.222. The number of nitrogens with one attached hydrogen (secondary N) is 1. The van der Waals surface area contributed by atoms with E-state index in [-0.39, 0.29) is 11.7 Å². The molecule has 0 fully saturated rings. The predicted molar refractivity (Wildman–Crippen MR) is 50.9 cm³/mol.